The van der Waals surface area contributed by atoms with Gasteiger partial charge >= 0.3 is 0 Å². The van der Waals surface area contributed by atoms with E-state index >= 15 is 0 Å². The molecule has 0 unspecified atom stereocenters. The molecule has 0 radical (unpaired) electrons. The molecule has 6 heteroatoms. The summed E-state index contributed by atoms with van der Waals surface area (Å²) in [5.74, 6) is 3.03. The summed E-state index contributed by atoms with van der Waals surface area (Å²) in [7, 11) is 0. The summed E-state index contributed by atoms with van der Waals surface area (Å²) in [5.41, 5.74) is 2.10. The summed E-state index contributed by atoms with van der Waals surface area (Å²) in [4.78, 5) is 4.29. The lowest BCUT2D eigenvalue weighted by Crippen LogP contribution is -2.22. The third-order valence-corrected chi connectivity index (χ3v) is 5.15. The van der Waals surface area contributed by atoms with Crippen molar-refractivity contribution < 1.29 is 4.74 Å². The first-order valence-corrected chi connectivity index (χ1v) is 10.1. The number of pyridine rings is 1. The number of aryl methyl sites for hydroxylation is 1. The first-order chi connectivity index (χ1) is 13.8. The summed E-state index contributed by atoms with van der Waals surface area (Å²) < 4.78 is 8.19. The molecule has 4 rings (SSSR count). The molecular formula is C22H27N5O. The fourth-order valence-corrected chi connectivity index (χ4v) is 3.58. The third-order valence-electron chi connectivity index (χ3n) is 5.15. The van der Waals surface area contributed by atoms with Crippen molar-refractivity contribution in [2.75, 3.05) is 0 Å². The minimum absolute atomic E-state index is 0.150. The molecule has 0 saturated carbocycles. The van der Waals surface area contributed by atoms with Gasteiger partial charge in [0.25, 0.3) is 0 Å². The molecule has 0 saturated heterocycles. The summed E-state index contributed by atoms with van der Waals surface area (Å²) in [5, 5.41) is 12.4. The zero-order valence-corrected chi connectivity index (χ0v) is 16.3. The number of aromatic nitrogens is 4. The smallest absolute Gasteiger partial charge is 0.149 e. The molecule has 0 fully saturated rings. The number of nitrogens with zero attached hydrogens (tertiary/aromatic N) is 4. The second-order valence-corrected chi connectivity index (χ2v) is 7.30. The van der Waals surface area contributed by atoms with Gasteiger partial charge in [-0.25, -0.2) is 0 Å². The molecule has 0 amide bonds. The van der Waals surface area contributed by atoms with E-state index in [-0.39, 0.29) is 6.04 Å². The van der Waals surface area contributed by atoms with Crippen LogP contribution in [0.4, 0.5) is 0 Å². The molecule has 3 aromatic rings. The van der Waals surface area contributed by atoms with Crippen LogP contribution in [-0.2, 0) is 26.1 Å². The first kappa shape index (κ1) is 18.6. The summed E-state index contributed by atoms with van der Waals surface area (Å²) >= 11 is 0. The Kier molecular flexibility index (Phi) is 5.97. The quantitative estimate of drug-likeness (QED) is 0.678. The SMILES string of the molecule is C[C@@H](NCc1cccc(OCc2ccccn2)c1)c1nnc2n1CCCCC2. The van der Waals surface area contributed by atoms with Gasteiger partial charge in [-0.2, -0.15) is 0 Å². The van der Waals surface area contributed by atoms with Crippen molar-refractivity contribution in [1.29, 1.82) is 0 Å². The van der Waals surface area contributed by atoms with Gasteiger partial charge in [0, 0.05) is 25.7 Å². The van der Waals surface area contributed by atoms with Gasteiger partial charge in [0.1, 0.15) is 24.0 Å². The summed E-state index contributed by atoms with van der Waals surface area (Å²) in [6.45, 7) is 4.41. The Morgan fingerprint density at radius 3 is 2.96 bits per heavy atom. The molecule has 3 heterocycles. The highest BCUT2D eigenvalue weighted by Crippen LogP contribution is 2.20. The van der Waals surface area contributed by atoms with E-state index in [9.17, 15) is 0 Å². The molecule has 146 valence electrons. The number of ether oxygens (including phenoxy) is 1. The van der Waals surface area contributed by atoms with Gasteiger partial charge in [-0.1, -0.05) is 24.6 Å². The van der Waals surface area contributed by atoms with E-state index in [1.165, 1.54) is 24.8 Å². The van der Waals surface area contributed by atoms with Crippen LogP contribution >= 0.6 is 0 Å². The molecule has 1 aliphatic rings. The molecule has 28 heavy (non-hydrogen) atoms. The highest BCUT2D eigenvalue weighted by molar-refractivity contribution is 5.28. The zero-order chi connectivity index (χ0) is 19.2. The second-order valence-electron chi connectivity index (χ2n) is 7.30. The maximum Gasteiger partial charge on any atom is 0.149 e. The molecule has 0 bridgehead atoms. The van der Waals surface area contributed by atoms with Crippen molar-refractivity contribution in [3.05, 3.63) is 71.6 Å². The van der Waals surface area contributed by atoms with E-state index in [1.807, 2.05) is 30.3 Å². The van der Waals surface area contributed by atoms with Gasteiger partial charge < -0.3 is 14.6 Å². The number of nitrogens with one attached hydrogen (secondary N) is 1. The van der Waals surface area contributed by atoms with Crippen molar-refractivity contribution in [2.24, 2.45) is 0 Å². The number of hydrogen-bond donors (Lipinski definition) is 1. The van der Waals surface area contributed by atoms with Gasteiger partial charge in [-0.15, -0.1) is 10.2 Å². The highest BCUT2D eigenvalue weighted by Gasteiger charge is 2.18. The normalized spacial score (nSPS) is 14.9. The fraction of sp³-hybridized carbons (Fsp3) is 0.409. The van der Waals surface area contributed by atoms with E-state index in [2.05, 4.69) is 44.1 Å². The van der Waals surface area contributed by atoms with Crippen LogP contribution in [-0.4, -0.2) is 19.7 Å². The Morgan fingerprint density at radius 2 is 2.07 bits per heavy atom. The van der Waals surface area contributed by atoms with Crippen LogP contribution in [0.3, 0.4) is 0 Å². The van der Waals surface area contributed by atoms with Crippen LogP contribution in [0, 0.1) is 0 Å². The van der Waals surface area contributed by atoms with Crippen LogP contribution in [0.15, 0.2) is 48.7 Å². The Bertz CT molecular complexity index is 893. The first-order valence-electron chi connectivity index (χ1n) is 10.1. The van der Waals surface area contributed by atoms with Crippen LogP contribution < -0.4 is 10.1 Å². The molecule has 0 aliphatic carbocycles. The molecule has 1 atom stereocenters. The lowest BCUT2D eigenvalue weighted by Gasteiger charge is -2.16. The lowest BCUT2D eigenvalue weighted by molar-refractivity contribution is 0.301. The van der Waals surface area contributed by atoms with E-state index in [4.69, 9.17) is 4.74 Å². The maximum absolute atomic E-state index is 5.88. The molecule has 1 N–H and O–H groups in total. The molecule has 0 spiro atoms. The van der Waals surface area contributed by atoms with Crippen molar-refractivity contribution in [2.45, 2.75) is 58.3 Å². The van der Waals surface area contributed by atoms with Crippen molar-refractivity contribution in [1.82, 2.24) is 25.1 Å². The van der Waals surface area contributed by atoms with Crippen LogP contribution in [0.25, 0.3) is 0 Å². The molecular weight excluding hydrogens is 350 g/mol. The summed E-state index contributed by atoms with van der Waals surface area (Å²) in [6.07, 6.45) is 6.52. The fourth-order valence-electron chi connectivity index (χ4n) is 3.58. The molecule has 6 nitrogen and oxygen atoms in total. The minimum atomic E-state index is 0.150. The monoisotopic (exact) mass is 377 g/mol. The Morgan fingerprint density at radius 1 is 1.11 bits per heavy atom. The maximum atomic E-state index is 5.88. The number of rotatable bonds is 7. The van der Waals surface area contributed by atoms with Gasteiger partial charge in [0.05, 0.1) is 11.7 Å². The van der Waals surface area contributed by atoms with Crippen molar-refractivity contribution in [3.63, 3.8) is 0 Å². The zero-order valence-electron chi connectivity index (χ0n) is 16.3. The van der Waals surface area contributed by atoms with Gasteiger partial charge in [-0.3, -0.25) is 4.98 Å². The molecule has 2 aromatic heterocycles. The predicted octanol–water partition coefficient (Wildman–Crippen LogP) is 3.83. The molecule has 1 aromatic carbocycles. The number of hydrogen-bond acceptors (Lipinski definition) is 5. The van der Waals surface area contributed by atoms with Crippen LogP contribution in [0.1, 0.15) is 55.1 Å². The highest BCUT2D eigenvalue weighted by atomic mass is 16.5. The number of benzene rings is 1. The number of fused-ring (bicyclic) bond motifs is 1. The van der Waals surface area contributed by atoms with Crippen molar-refractivity contribution in [3.8, 4) is 5.75 Å². The minimum Gasteiger partial charge on any atom is -0.487 e. The topological polar surface area (TPSA) is 64.9 Å². The van der Waals surface area contributed by atoms with E-state index in [1.54, 1.807) is 6.20 Å². The Balaban J connectivity index is 1.35. The predicted molar refractivity (Wildman–Crippen MR) is 108 cm³/mol. The Labute approximate surface area is 166 Å². The average Bonchev–Trinajstić information content (AvgIpc) is 3.00. The third kappa shape index (κ3) is 4.57. The van der Waals surface area contributed by atoms with Gasteiger partial charge in [0.2, 0.25) is 0 Å². The van der Waals surface area contributed by atoms with E-state index in [0.29, 0.717) is 6.61 Å². The van der Waals surface area contributed by atoms with Gasteiger partial charge in [-0.05, 0) is 49.6 Å². The Hall–Kier alpha value is -2.73. The van der Waals surface area contributed by atoms with Crippen LogP contribution in [0.2, 0.25) is 0 Å². The average molecular weight is 377 g/mol. The van der Waals surface area contributed by atoms with E-state index < -0.39 is 0 Å². The lowest BCUT2D eigenvalue weighted by atomic mass is 10.2. The standard InChI is InChI=1S/C22H27N5O/c1-17(22-26-25-21-11-3-2-6-13-27(21)22)24-15-18-8-7-10-20(14-18)28-16-19-9-4-5-12-23-19/h4-5,7-10,12,14,17,24H,2-3,6,11,13,15-16H2,1H3/t17-/m1/s1. The summed E-state index contributed by atoms with van der Waals surface area (Å²) in [6, 6.07) is 14.2. The second kappa shape index (κ2) is 8.97. The van der Waals surface area contributed by atoms with Crippen molar-refractivity contribution >= 4 is 0 Å². The largest absolute Gasteiger partial charge is 0.487 e. The molecule has 1 aliphatic heterocycles. The van der Waals surface area contributed by atoms with E-state index in [0.717, 1.165) is 42.6 Å². The van der Waals surface area contributed by atoms with Gasteiger partial charge in [0.15, 0.2) is 0 Å². The van der Waals surface area contributed by atoms with Crippen LogP contribution in [0.5, 0.6) is 5.75 Å².